The van der Waals surface area contributed by atoms with Gasteiger partial charge in [-0.25, -0.2) is 4.68 Å². The van der Waals surface area contributed by atoms with Crippen molar-refractivity contribution < 1.29 is 14.3 Å². The van der Waals surface area contributed by atoms with Crippen LogP contribution in [0.1, 0.15) is 46.2 Å². The molecule has 1 amide bonds. The highest BCUT2D eigenvalue weighted by Gasteiger charge is 2.25. The third-order valence-corrected chi connectivity index (χ3v) is 5.41. The van der Waals surface area contributed by atoms with E-state index in [0.717, 1.165) is 42.8 Å². The van der Waals surface area contributed by atoms with Crippen molar-refractivity contribution in [3.8, 4) is 0 Å². The molecule has 1 aliphatic rings. The van der Waals surface area contributed by atoms with Crippen LogP contribution in [0.15, 0.2) is 24.3 Å². The van der Waals surface area contributed by atoms with E-state index in [1.54, 1.807) is 0 Å². The molecular weight excluding hydrogens is 370 g/mol. The molecule has 8 nitrogen and oxygen atoms in total. The Morgan fingerprint density at radius 2 is 2.07 bits per heavy atom. The molecule has 1 unspecified atom stereocenters. The van der Waals surface area contributed by atoms with Crippen molar-refractivity contribution in [2.45, 2.75) is 39.2 Å². The van der Waals surface area contributed by atoms with E-state index in [-0.39, 0.29) is 24.5 Å². The summed E-state index contributed by atoms with van der Waals surface area (Å²) in [5, 5.41) is 14.5. The van der Waals surface area contributed by atoms with E-state index in [1.165, 1.54) is 7.11 Å². The Morgan fingerprint density at radius 1 is 1.31 bits per heavy atom. The number of hydrogen-bond acceptors (Lipinski definition) is 6. The second-order valence-corrected chi connectivity index (χ2v) is 7.57. The Labute approximate surface area is 171 Å². The van der Waals surface area contributed by atoms with Crippen molar-refractivity contribution in [2.75, 3.05) is 26.7 Å². The van der Waals surface area contributed by atoms with E-state index in [9.17, 15) is 9.59 Å². The molecular formula is C21H29N5O3. The van der Waals surface area contributed by atoms with E-state index < -0.39 is 5.92 Å². The normalized spacial score (nSPS) is 15.7. The second kappa shape index (κ2) is 9.65. The van der Waals surface area contributed by atoms with Gasteiger partial charge in [0.1, 0.15) is 0 Å². The fourth-order valence-corrected chi connectivity index (χ4v) is 3.78. The lowest BCUT2D eigenvalue weighted by Gasteiger charge is -2.23. The molecule has 3 rings (SSSR count). The number of nitrogens with one attached hydrogen (secondary N) is 2. The fraction of sp³-hybridized carbons (Fsp3) is 0.524. The van der Waals surface area contributed by atoms with Crippen LogP contribution in [0.4, 0.5) is 0 Å². The zero-order chi connectivity index (χ0) is 20.8. The first-order valence-corrected chi connectivity index (χ1v) is 10.0. The highest BCUT2D eigenvalue weighted by Crippen LogP contribution is 2.20. The number of rotatable bonds is 7. The number of aromatic nitrogens is 3. The number of nitrogens with zero attached hydrogens (tertiary/aromatic N) is 3. The molecule has 1 aromatic heterocycles. The molecule has 0 bridgehead atoms. The van der Waals surface area contributed by atoms with Crippen LogP contribution in [0.5, 0.6) is 0 Å². The van der Waals surface area contributed by atoms with E-state index in [0.29, 0.717) is 12.1 Å². The van der Waals surface area contributed by atoms with Crippen molar-refractivity contribution in [3.05, 3.63) is 46.8 Å². The lowest BCUT2D eigenvalue weighted by atomic mass is 9.98. The molecule has 1 aromatic carbocycles. The van der Waals surface area contributed by atoms with Crippen LogP contribution in [-0.4, -0.2) is 53.6 Å². The molecule has 2 aromatic rings. The first kappa shape index (κ1) is 21.0. The van der Waals surface area contributed by atoms with E-state index in [2.05, 4.69) is 20.9 Å². The van der Waals surface area contributed by atoms with Gasteiger partial charge in [0.05, 0.1) is 24.8 Å². The van der Waals surface area contributed by atoms with Gasteiger partial charge in [-0.3, -0.25) is 9.59 Å². The lowest BCUT2D eigenvalue weighted by Crippen LogP contribution is -2.35. The summed E-state index contributed by atoms with van der Waals surface area (Å²) in [7, 11) is 1.36. The van der Waals surface area contributed by atoms with Crippen LogP contribution in [-0.2, 0) is 16.0 Å². The molecule has 0 spiro atoms. The summed E-state index contributed by atoms with van der Waals surface area (Å²) < 4.78 is 6.78. The summed E-state index contributed by atoms with van der Waals surface area (Å²) in [4.78, 5) is 24.9. The van der Waals surface area contributed by atoms with Crippen LogP contribution < -0.4 is 10.6 Å². The third kappa shape index (κ3) is 5.20. The molecule has 0 radical (unpaired) electrons. The highest BCUT2D eigenvalue weighted by molar-refractivity contribution is 5.93. The molecule has 1 aliphatic heterocycles. The van der Waals surface area contributed by atoms with Crippen LogP contribution in [0.2, 0.25) is 0 Å². The van der Waals surface area contributed by atoms with Crippen molar-refractivity contribution in [1.29, 1.82) is 0 Å². The predicted octanol–water partition coefficient (Wildman–Crippen LogP) is 1.58. The zero-order valence-corrected chi connectivity index (χ0v) is 17.3. The number of benzene rings is 1. The topological polar surface area (TPSA) is 98.1 Å². The smallest absolute Gasteiger partial charge is 0.310 e. The Balaban J connectivity index is 1.65. The molecule has 0 saturated carbocycles. The molecule has 1 saturated heterocycles. The van der Waals surface area contributed by atoms with Gasteiger partial charge in [-0.15, -0.1) is 5.10 Å². The SMILES string of the molecule is COC(=O)C(CNC(=O)c1nnn(C2CCNCC2)c1C)Cc1cccc(C)c1. The van der Waals surface area contributed by atoms with Crippen LogP contribution in [0, 0.1) is 19.8 Å². The Hall–Kier alpha value is -2.74. The molecule has 29 heavy (non-hydrogen) atoms. The van der Waals surface area contributed by atoms with Crippen LogP contribution in [0.25, 0.3) is 0 Å². The van der Waals surface area contributed by atoms with Gasteiger partial charge in [0, 0.05) is 6.54 Å². The summed E-state index contributed by atoms with van der Waals surface area (Å²) in [5.41, 5.74) is 3.22. The maximum atomic E-state index is 12.7. The number of hydrogen-bond donors (Lipinski definition) is 2. The van der Waals surface area contributed by atoms with Gasteiger partial charge in [-0.05, 0) is 51.8 Å². The molecule has 156 valence electrons. The van der Waals surface area contributed by atoms with Gasteiger partial charge in [0.2, 0.25) is 0 Å². The summed E-state index contributed by atoms with van der Waals surface area (Å²) in [5.74, 6) is -1.13. The zero-order valence-electron chi connectivity index (χ0n) is 17.3. The monoisotopic (exact) mass is 399 g/mol. The maximum Gasteiger partial charge on any atom is 0.310 e. The Bertz CT molecular complexity index is 858. The standard InChI is InChI=1S/C21H29N5O3/c1-14-5-4-6-16(11-14)12-17(21(28)29-3)13-23-20(27)19-15(2)26(25-24-19)18-7-9-22-10-8-18/h4-6,11,17-18,22H,7-10,12-13H2,1-3H3,(H,23,27). The highest BCUT2D eigenvalue weighted by atomic mass is 16.5. The van der Waals surface area contributed by atoms with Crippen molar-refractivity contribution in [2.24, 2.45) is 5.92 Å². The average Bonchev–Trinajstić information content (AvgIpc) is 3.12. The Kier molecular flexibility index (Phi) is 6.98. The largest absolute Gasteiger partial charge is 0.469 e. The summed E-state index contributed by atoms with van der Waals surface area (Å²) in [6.07, 6.45) is 2.42. The maximum absolute atomic E-state index is 12.7. The minimum atomic E-state index is -0.467. The first-order chi connectivity index (χ1) is 14.0. The molecule has 1 fully saturated rings. The minimum absolute atomic E-state index is 0.180. The van der Waals surface area contributed by atoms with E-state index in [4.69, 9.17) is 4.74 Å². The van der Waals surface area contributed by atoms with E-state index >= 15 is 0 Å². The van der Waals surface area contributed by atoms with Crippen LogP contribution in [0.3, 0.4) is 0 Å². The average molecular weight is 399 g/mol. The van der Waals surface area contributed by atoms with Gasteiger partial charge < -0.3 is 15.4 Å². The summed E-state index contributed by atoms with van der Waals surface area (Å²) in [6, 6.07) is 8.23. The van der Waals surface area contributed by atoms with Gasteiger partial charge in [0.15, 0.2) is 5.69 Å². The van der Waals surface area contributed by atoms with Crippen molar-refractivity contribution in [1.82, 2.24) is 25.6 Å². The number of piperidine rings is 1. The molecule has 8 heteroatoms. The van der Waals surface area contributed by atoms with Crippen LogP contribution >= 0.6 is 0 Å². The number of esters is 1. The summed E-state index contributed by atoms with van der Waals surface area (Å²) in [6.45, 7) is 5.92. The number of methoxy groups -OCH3 is 1. The van der Waals surface area contributed by atoms with Gasteiger partial charge >= 0.3 is 5.97 Å². The number of amides is 1. The lowest BCUT2D eigenvalue weighted by molar-refractivity contribution is -0.145. The predicted molar refractivity (Wildman–Crippen MR) is 109 cm³/mol. The molecule has 2 N–H and O–H groups in total. The number of aryl methyl sites for hydroxylation is 1. The molecule has 2 heterocycles. The van der Waals surface area contributed by atoms with Gasteiger partial charge in [0.25, 0.3) is 5.91 Å². The summed E-state index contributed by atoms with van der Waals surface area (Å²) >= 11 is 0. The van der Waals surface area contributed by atoms with Crippen molar-refractivity contribution >= 4 is 11.9 Å². The van der Waals surface area contributed by atoms with Crippen molar-refractivity contribution in [3.63, 3.8) is 0 Å². The number of carbonyl (C=O) groups excluding carboxylic acids is 2. The quantitative estimate of drug-likeness (QED) is 0.686. The second-order valence-electron chi connectivity index (χ2n) is 7.57. The van der Waals surface area contributed by atoms with E-state index in [1.807, 2.05) is 42.8 Å². The molecule has 0 aliphatic carbocycles. The first-order valence-electron chi connectivity index (χ1n) is 10.0. The van der Waals surface area contributed by atoms with Gasteiger partial charge in [-0.1, -0.05) is 35.0 Å². The fourth-order valence-electron chi connectivity index (χ4n) is 3.78. The Morgan fingerprint density at radius 3 is 2.76 bits per heavy atom. The minimum Gasteiger partial charge on any atom is -0.469 e. The number of ether oxygens (including phenoxy) is 1. The third-order valence-electron chi connectivity index (χ3n) is 5.41. The van der Waals surface area contributed by atoms with Gasteiger partial charge in [-0.2, -0.15) is 0 Å². The number of carbonyl (C=O) groups is 2. The molecule has 1 atom stereocenters.